The van der Waals surface area contributed by atoms with Crippen LogP contribution in [0.3, 0.4) is 0 Å². The van der Waals surface area contributed by atoms with Crippen LogP contribution >= 0.6 is 11.3 Å². The Labute approximate surface area is 242 Å². The molecule has 41 heavy (non-hydrogen) atoms. The molecule has 10 nitrogen and oxygen atoms in total. The quantitative estimate of drug-likeness (QED) is 0.264. The Kier molecular flexibility index (Phi) is 8.89. The van der Waals surface area contributed by atoms with Gasteiger partial charge in [0.05, 0.1) is 28.0 Å². The van der Waals surface area contributed by atoms with Gasteiger partial charge in [-0.1, -0.05) is 19.9 Å². The number of nitrogens with one attached hydrogen (secondary N) is 2. The van der Waals surface area contributed by atoms with E-state index in [0.29, 0.717) is 47.8 Å². The van der Waals surface area contributed by atoms with Crippen molar-refractivity contribution in [1.82, 2.24) is 35.1 Å². The van der Waals surface area contributed by atoms with E-state index in [9.17, 15) is 14.0 Å². The van der Waals surface area contributed by atoms with E-state index in [2.05, 4.69) is 41.4 Å². The summed E-state index contributed by atoms with van der Waals surface area (Å²) in [5.74, 6) is 0.0276. The Bertz CT molecular complexity index is 1500. The molecule has 216 valence electrons. The molecule has 0 aromatic carbocycles. The Hall–Kier alpha value is -3.90. The summed E-state index contributed by atoms with van der Waals surface area (Å²) < 4.78 is 14.4. The van der Waals surface area contributed by atoms with Crippen molar-refractivity contribution in [2.24, 2.45) is 0 Å². The SMILES string of the molecule is CCN(CC)C(C)CNC(=O)c1cc(-c2cnn3ccc(-c4cccs4)nc23)nc(N2CCC2C(=O)NCCF)c1. The lowest BCUT2D eigenvalue weighted by Gasteiger charge is -2.40. The minimum atomic E-state index is -0.627. The summed E-state index contributed by atoms with van der Waals surface area (Å²) in [6, 6.07) is 9.06. The molecule has 0 aliphatic carbocycles. The topological polar surface area (TPSA) is 108 Å². The van der Waals surface area contributed by atoms with Gasteiger partial charge in [0, 0.05) is 37.4 Å². The number of pyridine rings is 1. The molecule has 2 N–H and O–H groups in total. The predicted molar refractivity (Wildman–Crippen MR) is 159 cm³/mol. The van der Waals surface area contributed by atoms with Crippen LogP contribution in [0.15, 0.2) is 48.1 Å². The number of aromatic nitrogens is 4. The molecule has 4 aromatic heterocycles. The zero-order valence-electron chi connectivity index (χ0n) is 23.5. The zero-order valence-corrected chi connectivity index (χ0v) is 24.3. The van der Waals surface area contributed by atoms with Crippen LogP contribution < -0.4 is 15.5 Å². The molecule has 2 atom stereocenters. The van der Waals surface area contributed by atoms with Gasteiger partial charge in [0.2, 0.25) is 5.91 Å². The molecule has 2 amide bonds. The standard InChI is InChI=1S/C29H35FN8O2S/c1-4-36(5-2)19(3)17-32-28(39)20-15-23(34-26(16-20)37-12-9-24(37)29(40)31-11-10-30)21-18-33-38-13-8-22(35-27(21)38)25-7-6-14-41-25/h6-8,13-16,18-19,24H,4-5,9-12,17H2,1-3H3,(H,31,40)(H,32,39). The number of rotatable bonds is 12. The van der Waals surface area contributed by atoms with Crippen LogP contribution in [-0.4, -0.2) is 87.8 Å². The number of hydrogen-bond donors (Lipinski definition) is 2. The molecule has 4 aromatic rings. The molecule has 0 spiro atoms. The molecule has 1 saturated heterocycles. The van der Waals surface area contributed by atoms with Crippen molar-refractivity contribution in [3.63, 3.8) is 0 Å². The van der Waals surface area contributed by atoms with Gasteiger partial charge in [-0.2, -0.15) is 5.10 Å². The minimum absolute atomic E-state index is 0.0321. The van der Waals surface area contributed by atoms with E-state index in [1.54, 1.807) is 34.2 Å². The first kappa shape index (κ1) is 28.6. The van der Waals surface area contributed by atoms with Gasteiger partial charge >= 0.3 is 0 Å². The van der Waals surface area contributed by atoms with E-state index in [-0.39, 0.29) is 24.4 Å². The van der Waals surface area contributed by atoms with Gasteiger partial charge in [0.1, 0.15) is 18.5 Å². The van der Waals surface area contributed by atoms with Crippen molar-refractivity contribution in [1.29, 1.82) is 0 Å². The first-order valence-corrected chi connectivity index (χ1v) is 14.8. The highest BCUT2D eigenvalue weighted by Gasteiger charge is 2.35. The molecule has 5 heterocycles. The molecule has 1 aliphatic heterocycles. The van der Waals surface area contributed by atoms with Crippen molar-refractivity contribution in [3.8, 4) is 21.8 Å². The van der Waals surface area contributed by atoms with Crippen LogP contribution in [-0.2, 0) is 4.79 Å². The number of carbonyl (C=O) groups is 2. The van der Waals surface area contributed by atoms with Crippen LogP contribution in [0.25, 0.3) is 27.5 Å². The lowest BCUT2D eigenvalue weighted by atomic mass is 10.0. The van der Waals surface area contributed by atoms with E-state index in [1.165, 1.54) is 0 Å². The van der Waals surface area contributed by atoms with E-state index in [4.69, 9.17) is 9.97 Å². The average molecular weight is 579 g/mol. The number of alkyl halides is 1. The second-order valence-corrected chi connectivity index (χ2v) is 10.9. The summed E-state index contributed by atoms with van der Waals surface area (Å²) in [6.07, 6.45) is 4.17. The molecule has 1 fully saturated rings. The van der Waals surface area contributed by atoms with Crippen LogP contribution in [0.2, 0.25) is 0 Å². The Morgan fingerprint density at radius 3 is 2.68 bits per heavy atom. The molecule has 1 aliphatic rings. The number of amides is 2. The molecule has 0 radical (unpaired) electrons. The number of carbonyl (C=O) groups excluding carboxylic acids is 2. The third kappa shape index (κ3) is 6.08. The predicted octanol–water partition coefficient (Wildman–Crippen LogP) is 3.64. The lowest BCUT2D eigenvalue weighted by molar-refractivity contribution is -0.123. The Balaban J connectivity index is 1.51. The summed E-state index contributed by atoms with van der Waals surface area (Å²) in [7, 11) is 0. The summed E-state index contributed by atoms with van der Waals surface area (Å²) in [6.45, 7) is 8.52. The average Bonchev–Trinajstić information content (AvgIpc) is 3.65. The maximum atomic E-state index is 13.4. The van der Waals surface area contributed by atoms with Gasteiger partial charge < -0.3 is 15.5 Å². The smallest absolute Gasteiger partial charge is 0.251 e. The summed E-state index contributed by atoms with van der Waals surface area (Å²) in [5, 5.41) is 12.2. The van der Waals surface area contributed by atoms with Crippen molar-refractivity contribution in [2.45, 2.75) is 39.3 Å². The fourth-order valence-corrected chi connectivity index (χ4v) is 5.78. The van der Waals surface area contributed by atoms with Crippen molar-refractivity contribution in [3.05, 3.63) is 53.7 Å². The monoisotopic (exact) mass is 578 g/mol. The van der Waals surface area contributed by atoms with Crippen molar-refractivity contribution in [2.75, 3.05) is 44.3 Å². The normalized spacial score (nSPS) is 15.6. The molecule has 5 rings (SSSR count). The zero-order chi connectivity index (χ0) is 28.9. The number of thiophene rings is 1. The van der Waals surface area contributed by atoms with Gasteiger partial charge in [-0.25, -0.2) is 18.9 Å². The minimum Gasteiger partial charge on any atom is -0.352 e. The van der Waals surface area contributed by atoms with Gasteiger partial charge in [-0.15, -0.1) is 11.3 Å². The van der Waals surface area contributed by atoms with Crippen LogP contribution in [0, 0.1) is 0 Å². The molecular weight excluding hydrogens is 543 g/mol. The van der Waals surface area contributed by atoms with Gasteiger partial charge in [0.15, 0.2) is 5.65 Å². The molecule has 12 heteroatoms. The number of fused-ring (bicyclic) bond motifs is 1. The number of halogens is 1. The first-order chi connectivity index (χ1) is 19.9. The molecule has 0 bridgehead atoms. The highest BCUT2D eigenvalue weighted by molar-refractivity contribution is 7.13. The second-order valence-electron chi connectivity index (χ2n) is 9.97. The third-order valence-electron chi connectivity index (χ3n) is 7.50. The van der Waals surface area contributed by atoms with E-state index in [0.717, 1.165) is 23.7 Å². The maximum absolute atomic E-state index is 13.4. The van der Waals surface area contributed by atoms with Crippen molar-refractivity contribution >= 4 is 34.6 Å². The first-order valence-electron chi connectivity index (χ1n) is 14.0. The highest BCUT2D eigenvalue weighted by Crippen LogP contribution is 2.31. The maximum Gasteiger partial charge on any atom is 0.251 e. The molecular formula is C29H35FN8O2S. The van der Waals surface area contributed by atoms with Crippen LogP contribution in [0.4, 0.5) is 10.2 Å². The highest BCUT2D eigenvalue weighted by atomic mass is 32.1. The number of likely N-dealkylation sites (N-methyl/N-ethyl adjacent to an activating group) is 1. The Morgan fingerprint density at radius 1 is 1.17 bits per heavy atom. The Morgan fingerprint density at radius 2 is 2.00 bits per heavy atom. The van der Waals surface area contributed by atoms with Gasteiger partial charge in [0.25, 0.3) is 5.91 Å². The van der Waals surface area contributed by atoms with E-state index < -0.39 is 12.7 Å². The summed E-state index contributed by atoms with van der Waals surface area (Å²) in [5.41, 5.74) is 3.07. The third-order valence-corrected chi connectivity index (χ3v) is 8.39. The molecule has 0 saturated carbocycles. The fourth-order valence-electron chi connectivity index (χ4n) is 5.08. The summed E-state index contributed by atoms with van der Waals surface area (Å²) >= 11 is 1.60. The van der Waals surface area contributed by atoms with E-state index >= 15 is 0 Å². The lowest BCUT2D eigenvalue weighted by Crippen LogP contribution is -2.57. The number of anilines is 1. The van der Waals surface area contributed by atoms with Crippen LogP contribution in [0.1, 0.15) is 37.6 Å². The van der Waals surface area contributed by atoms with Gasteiger partial charge in [-0.05, 0) is 56.1 Å². The largest absolute Gasteiger partial charge is 0.352 e. The fraction of sp³-hybridized carbons (Fsp3) is 0.414. The number of hydrogen-bond acceptors (Lipinski definition) is 8. The van der Waals surface area contributed by atoms with Crippen LogP contribution in [0.5, 0.6) is 0 Å². The van der Waals surface area contributed by atoms with E-state index in [1.807, 2.05) is 34.7 Å². The van der Waals surface area contributed by atoms with Gasteiger partial charge in [-0.3, -0.25) is 14.5 Å². The second kappa shape index (κ2) is 12.7. The number of nitrogens with zero attached hydrogens (tertiary/aromatic N) is 6. The summed E-state index contributed by atoms with van der Waals surface area (Å²) in [4.78, 5) is 41.0. The molecule has 2 unspecified atom stereocenters. The van der Waals surface area contributed by atoms with Crippen molar-refractivity contribution < 1.29 is 14.0 Å².